The summed E-state index contributed by atoms with van der Waals surface area (Å²) in [5.74, 6) is 0.659. The molecule has 1 saturated heterocycles. The van der Waals surface area contributed by atoms with Crippen LogP contribution in [0.1, 0.15) is 37.5 Å². The molecule has 0 bridgehead atoms. The zero-order valence-electron chi connectivity index (χ0n) is 13.8. The van der Waals surface area contributed by atoms with Gasteiger partial charge in [0.25, 0.3) is 0 Å². The molecule has 2 fully saturated rings. The number of amides is 1. The van der Waals surface area contributed by atoms with Gasteiger partial charge in [0.05, 0.1) is 25.4 Å². The number of hydrogen-bond acceptors (Lipinski definition) is 5. The summed E-state index contributed by atoms with van der Waals surface area (Å²) in [5.41, 5.74) is 6.54. The number of likely N-dealkylation sites (N-methyl/N-ethyl adjacent to an activating group) is 1. The zero-order valence-corrected chi connectivity index (χ0v) is 13.8. The SMILES string of the molecule is CN(CC(=O)N1CCO[C@@H](c2cccc(N)n2)C1)C1CCCC1. The van der Waals surface area contributed by atoms with E-state index in [2.05, 4.69) is 16.9 Å². The van der Waals surface area contributed by atoms with Crippen LogP contribution in [-0.4, -0.2) is 60.0 Å². The van der Waals surface area contributed by atoms with Gasteiger partial charge in [-0.25, -0.2) is 4.98 Å². The van der Waals surface area contributed by atoms with Crippen molar-refractivity contribution in [3.05, 3.63) is 23.9 Å². The van der Waals surface area contributed by atoms with Crippen molar-refractivity contribution < 1.29 is 9.53 Å². The lowest BCUT2D eigenvalue weighted by atomic mass is 10.1. The smallest absolute Gasteiger partial charge is 0.236 e. The van der Waals surface area contributed by atoms with Crippen molar-refractivity contribution >= 4 is 11.7 Å². The molecule has 6 nitrogen and oxygen atoms in total. The zero-order chi connectivity index (χ0) is 16.2. The number of nitrogen functional groups attached to an aromatic ring is 1. The average Bonchev–Trinajstić information content (AvgIpc) is 3.09. The number of morpholine rings is 1. The highest BCUT2D eigenvalue weighted by Crippen LogP contribution is 2.24. The Morgan fingerprint density at radius 1 is 1.43 bits per heavy atom. The summed E-state index contributed by atoms with van der Waals surface area (Å²) in [6.45, 7) is 2.23. The Morgan fingerprint density at radius 3 is 2.96 bits per heavy atom. The van der Waals surface area contributed by atoms with Crippen LogP contribution in [0, 0.1) is 0 Å². The highest BCUT2D eigenvalue weighted by Gasteiger charge is 2.28. The molecule has 1 aliphatic carbocycles. The van der Waals surface area contributed by atoms with Gasteiger partial charge in [-0.2, -0.15) is 0 Å². The quantitative estimate of drug-likeness (QED) is 0.909. The Labute approximate surface area is 137 Å². The molecule has 0 spiro atoms. The minimum Gasteiger partial charge on any atom is -0.384 e. The van der Waals surface area contributed by atoms with Crippen LogP contribution in [0.5, 0.6) is 0 Å². The van der Waals surface area contributed by atoms with E-state index in [4.69, 9.17) is 10.5 Å². The summed E-state index contributed by atoms with van der Waals surface area (Å²) in [4.78, 5) is 21.0. The number of ether oxygens (including phenoxy) is 1. The summed E-state index contributed by atoms with van der Waals surface area (Å²) >= 11 is 0. The predicted molar refractivity (Wildman–Crippen MR) is 88.8 cm³/mol. The van der Waals surface area contributed by atoms with Crippen molar-refractivity contribution in [1.29, 1.82) is 0 Å². The molecular formula is C17H26N4O2. The first-order chi connectivity index (χ1) is 11.1. The summed E-state index contributed by atoms with van der Waals surface area (Å²) < 4.78 is 5.78. The topological polar surface area (TPSA) is 71.7 Å². The van der Waals surface area contributed by atoms with Crippen molar-refractivity contribution in [3.63, 3.8) is 0 Å². The number of hydrogen-bond donors (Lipinski definition) is 1. The van der Waals surface area contributed by atoms with Crippen molar-refractivity contribution in [2.75, 3.05) is 39.0 Å². The Hall–Kier alpha value is -1.66. The maximum atomic E-state index is 12.6. The molecule has 126 valence electrons. The lowest BCUT2D eigenvalue weighted by molar-refractivity contribution is -0.140. The van der Waals surface area contributed by atoms with E-state index in [9.17, 15) is 4.79 Å². The molecule has 3 rings (SSSR count). The number of carbonyl (C=O) groups is 1. The first-order valence-electron chi connectivity index (χ1n) is 8.45. The minimum absolute atomic E-state index is 0.177. The Balaban J connectivity index is 1.58. The fourth-order valence-electron chi connectivity index (χ4n) is 3.49. The van der Waals surface area contributed by atoms with Crippen molar-refractivity contribution in [2.45, 2.75) is 37.8 Å². The van der Waals surface area contributed by atoms with Gasteiger partial charge in [-0.05, 0) is 32.0 Å². The van der Waals surface area contributed by atoms with Crippen LogP contribution in [0.3, 0.4) is 0 Å². The van der Waals surface area contributed by atoms with E-state index >= 15 is 0 Å². The standard InChI is InChI=1S/C17H26N4O2/c1-20(13-5-2-3-6-13)12-17(22)21-9-10-23-15(11-21)14-7-4-8-16(18)19-14/h4,7-8,13,15H,2-3,5-6,9-12H2,1H3,(H2,18,19)/t15-/m1/s1. The van der Waals surface area contributed by atoms with Gasteiger partial charge in [0.2, 0.25) is 5.91 Å². The summed E-state index contributed by atoms with van der Waals surface area (Å²) in [6.07, 6.45) is 4.80. The van der Waals surface area contributed by atoms with Gasteiger partial charge in [0, 0.05) is 12.6 Å². The molecule has 2 heterocycles. The van der Waals surface area contributed by atoms with E-state index in [1.807, 2.05) is 17.0 Å². The maximum absolute atomic E-state index is 12.6. The van der Waals surface area contributed by atoms with E-state index in [1.165, 1.54) is 25.7 Å². The Morgan fingerprint density at radius 2 is 2.22 bits per heavy atom. The van der Waals surface area contributed by atoms with Gasteiger partial charge in [-0.1, -0.05) is 18.9 Å². The van der Waals surface area contributed by atoms with Crippen LogP contribution in [0.15, 0.2) is 18.2 Å². The molecule has 0 aromatic carbocycles. The molecule has 1 aromatic heterocycles. The third-order valence-electron chi connectivity index (χ3n) is 4.87. The highest BCUT2D eigenvalue weighted by molar-refractivity contribution is 5.78. The monoisotopic (exact) mass is 318 g/mol. The van der Waals surface area contributed by atoms with Crippen LogP contribution in [0.2, 0.25) is 0 Å². The van der Waals surface area contributed by atoms with E-state index in [0.717, 1.165) is 5.69 Å². The molecule has 23 heavy (non-hydrogen) atoms. The first kappa shape index (κ1) is 16.2. The fourth-order valence-corrected chi connectivity index (χ4v) is 3.49. The minimum atomic E-state index is -0.187. The maximum Gasteiger partial charge on any atom is 0.236 e. The van der Waals surface area contributed by atoms with E-state index < -0.39 is 0 Å². The molecule has 1 aliphatic heterocycles. The largest absolute Gasteiger partial charge is 0.384 e. The molecule has 0 radical (unpaired) electrons. The van der Waals surface area contributed by atoms with E-state index in [1.54, 1.807) is 6.07 Å². The summed E-state index contributed by atoms with van der Waals surface area (Å²) in [6, 6.07) is 6.09. The van der Waals surface area contributed by atoms with E-state index in [0.29, 0.717) is 38.1 Å². The lowest BCUT2D eigenvalue weighted by Gasteiger charge is -2.34. The van der Waals surface area contributed by atoms with Crippen LogP contribution < -0.4 is 5.73 Å². The number of aromatic nitrogens is 1. The van der Waals surface area contributed by atoms with Gasteiger partial charge in [-0.3, -0.25) is 9.69 Å². The molecular weight excluding hydrogens is 292 g/mol. The normalized spacial score (nSPS) is 22.7. The van der Waals surface area contributed by atoms with E-state index in [-0.39, 0.29) is 12.0 Å². The molecule has 1 amide bonds. The third-order valence-corrected chi connectivity index (χ3v) is 4.87. The second-order valence-corrected chi connectivity index (χ2v) is 6.54. The van der Waals surface area contributed by atoms with Gasteiger partial charge >= 0.3 is 0 Å². The molecule has 1 atom stereocenters. The van der Waals surface area contributed by atoms with Crippen LogP contribution in [-0.2, 0) is 9.53 Å². The highest BCUT2D eigenvalue weighted by atomic mass is 16.5. The number of rotatable bonds is 4. The third kappa shape index (κ3) is 4.00. The predicted octanol–water partition coefficient (Wildman–Crippen LogP) is 1.44. The Kier molecular flexibility index (Phi) is 5.13. The average molecular weight is 318 g/mol. The molecule has 2 aliphatic rings. The fraction of sp³-hybridized carbons (Fsp3) is 0.647. The molecule has 2 N–H and O–H groups in total. The second-order valence-electron chi connectivity index (χ2n) is 6.54. The van der Waals surface area contributed by atoms with Crippen LogP contribution >= 0.6 is 0 Å². The van der Waals surface area contributed by atoms with Gasteiger partial charge in [-0.15, -0.1) is 0 Å². The van der Waals surface area contributed by atoms with Crippen LogP contribution in [0.25, 0.3) is 0 Å². The Bertz CT molecular complexity index is 545. The van der Waals surface area contributed by atoms with Crippen molar-refractivity contribution in [2.24, 2.45) is 0 Å². The van der Waals surface area contributed by atoms with Crippen LogP contribution in [0.4, 0.5) is 5.82 Å². The van der Waals surface area contributed by atoms with Gasteiger partial charge in [0.1, 0.15) is 11.9 Å². The number of nitrogens with zero attached hydrogens (tertiary/aromatic N) is 3. The number of carbonyl (C=O) groups excluding carboxylic acids is 1. The second kappa shape index (κ2) is 7.27. The first-order valence-corrected chi connectivity index (χ1v) is 8.45. The molecule has 6 heteroatoms. The molecule has 0 unspecified atom stereocenters. The molecule has 1 saturated carbocycles. The number of pyridine rings is 1. The van der Waals surface area contributed by atoms with Crippen molar-refractivity contribution in [3.8, 4) is 0 Å². The summed E-state index contributed by atoms with van der Waals surface area (Å²) in [7, 11) is 2.06. The van der Waals surface area contributed by atoms with Gasteiger partial charge in [0.15, 0.2) is 0 Å². The molecule has 1 aromatic rings. The van der Waals surface area contributed by atoms with Crippen molar-refractivity contribution in [1.82, 2.24) is 14.8 Å². The summed E-state index contributed by atoms with van der Waals surface area (Å²) in [5, 5.41) is 0. The van der Waals surface area contributed by atoms with Gasteiger partial charge < -0.3 is 15.4 Å². The number of anilines is 1. The number of nitrogens with two attached hydrogens (primary N) is 1. The lowest BCUT2D eigenvalue weighted by Crippen LogP contribution is -2.47.